The van der Waals surface area contributed by atoms with Gasteiger partial charge in [-0.15, -0.1) is 0 Å². The lowest BCUT2D eigenvalue weighted by Crippen LogP contribution is -2.42. The van der Waals surface area contributed by atoms with Gasteiger partial charge in [0.25, 0.3) is 0 Å². The standard InChI is InChI=1S/C11H14INS/c12-14-7-1-2-10-8-11(9-10)3-5-13-6-4-11/h2,13H,3-6,8-9H2. The number of allylic oxidation sites excluding steroid dienone is 2. The van der Waals surface area contributed by atoms with Crippen LogP contribution in [0.2, 0.25) is 0 Å². The SMILES string of the molecule is ISC#CC=C1CC2(CCNCC2)C1. The summed E-state index contributed by atoms with van der Waals surface area (Å²) in [4.78, 5) is 0. The van der Waals surface area contributed by atoms with Crippen LogP contribution >= 0.6 is 30.1 Å². The van der Waals surface area contributed by atoms with E-state index in [0.717, 1.165) is 0 Å². The van der Waals surface area contributed by atoms with Gasteiger partial charge >= 0.3 is 0 Å². The molecule has 2 rings (SSSR count). The molecule has 0 unspecified atom stereocenters. The van der Waals surface area contributed by atoms with Crippen molar-refractivity contribution in [2.45, 2.75) is 25.7 Å². The highest BCUT2D eigenvalue weighted by Crippen LogP contribution is 2.50. The van der Waals surface area contributed by atoms with E-state index in [-0.39, 0.29) is 0 Å². The summed E-state index contributed by atoms with van der Waals surface area (Å²) in [5.74, 6) is 3.09. The molecule has 0 amide bonds. The van der Waals surface area contributed by atoms with E-state index in [4.69, 9.17) is 0 Å². The Labute approximate surface area is 102 Å². The van der Waals surface area contributed by atoms with Gasteiger partial charge in [-0.05, 0) is 64.4 Å². The molecule has 0 bridgehead atoms. The molecule has 76 valence electrons. The molecule has 1 spiro atoms. The second-order valence-corrected chi connectivity index (χ2v) is 5.91. The van der Waals surface area contributed by atoms with E-state index in [1.165, 1.54) is 38.8 Å². The fourth-order valence-electron chi connectivity index (χ4n) is 2.48. The number of hydrogen-bond acceptors (Lipinski definition) is 2. The maximum atomic E-state index is 3.42. The van der Waals surface area contributed by atoms with E-state index in [1.807, 2.05) is 0 Å². The van der Waals surface area contributed by atoms with Crippen LogP contribution < -0.4 is 5.32 Å². The average Bonchev–Trinajstić information content (AvgIpc) is 2.17. The predicted molar refractivity (Wildman–Crippen MR) is 71.2 cm³/mol. The molecule has 2 fully saturated rings. The summed E-state index contributed by atoms with van der Waals surface area (Å²) < 4.78 is 0. The maximum Gasteiger partial charge on any atom is 0.0109 e. The molecule has 1 N–H and O–H groups in total. The minimum Gasteiger partial charge on any atom is -0.317 e. The molecular formula is C11H14INS. The largest absolute Gasteiger partial charge is 0.317 e. The molecule has 0 aromatic rings. The molecule has 0 atom stereocenters. The molecule has 1 heterocycles. The van der Waals surface area contributed by atoms with Crippen molar-refractivity contribution in [2.75, 3.05) is 13.1 Å². The van der Waals surface area contributed by atoms with E-state index in [9.17, 15) is 0 Å². The molecule has 14 heavy (non-hydrogen) atoms. The smallest absolute Gasteiger partial charge is 0.0109 e. The molecule has 3 heteroatoms. The van der Waals surface area contributed by atoms with Crippen LogP contribution in [0.4, 0.5) is 0 Å². The zero-order valence-corrected chi connectivity index (χ0v) is 11.1. The van der Waals surface area contributed by atoms with Crippen LogP contribution in [0.25, 0.3) is 0 Å². The summed E-state index contributed by atoms with van der Waals surface area (Å²) in [6.07, 6.45) is 7.45. The van der Waals surface area contributed by atoms with Gasteiger partial charge in [0, 0.05) is 21.2 Å². The first-order valence-corrected chi connectivity index (χ1v) is 8.37. The van der Waals surface area contributed by atoms with Crippen LogP contribution in [0.3, 0.4) is 0 Å². The molecule has 1 aliphatic carbocycles. The van der Waals surface area contributed by atoms with Crippen LogP contribution in [0, 0.1) is 16.6 Å². The van der Waals surface area contributed by atoms with E-state index in [1.54, 1.807) is 14.5 Å². The van der Waals surface area contributed by atoms with Crippen molar-refractivity contribution in [3.05, 3.63) is 11.6 Å². The fraction of sp³-hybridized carbons (Fsp3) is 0.636. The number of hydrogen-bond donors (Lipinski definition) is 1. The Kier molecular flexibility index (Phi) is 3.80. The van der Waals surface area contributed by atoms with E-state index in [0.29, 0.717) is 5.41 Å². The van der Waals surface area contributed by atoms with Gasteiger partial charge in [0.2, 0.25) is 0 Å². The molecule has 1 saturated heterocycles. The second-order valence-electron chi connectivity index (χ2n) is 4.23. The van der Waals surface area contributed by atoms with Crippen LogP contribution in [-0.4, -0.2) is 13.1 Å². The molecule has 0 radical (unpaired) electrons. The molecule has 1 aliphatic heterocycles. The highest BCUT2D eigenvalue weighted by Gasteiger charge is 2.40. The Bertz CT molecular complexity index is 284. The Morgan fingerprint density at radius 3 is 2.71 bits per heavy atom. The number of nitrogens with one attached hydrogen (secondary N) is 1. The number of halogens is 1. The lowest BCUT2D eigenvalue weighted by molar-refractivity contribution is 0.142. The van der Waals surface area contributed by atoms with Crippen LogP contribution in [0.15, 0.2) is 11.6 Å². The summed E-state index contributed by atoms with van der Waals surface area (Å²) in [5, 5.41) is 6.43. The highest BCUT2D eigenvalue weighted by molar-refractivity contribution is 14.2. The number of piperidine rings is 1. The molecule has 0 aromatic heterocycles. The topological polar surface area (TPSA) is 12.0 Å². The lowest BCUT2D eigenvalue weighted by atomic mass is 9.60. The van der Waals surface area contributed by atoms with Gasteiger partial charge in [0.15, 0.2) is 0 Å². The monoisotopic (exact) mass is 319 g/mol. The third-order valence-corrected chi connectivity index (χ3v) is 4.10. The van der Waals surface area contributed by atoms with Crippen molar-refractivity contribution < 1.29 is 0 Å². The van der Waals surface area contributed by atoms with E-state index >= 15 is 0 Å². The van der Waals surface area contributed by atoms with Crippen molar-refractivity contribution in [3.8, 4) is 11.2 Å². The van der Waals surface area contributed by atoms with Gasteiger partial charge < -0.3 is 5.32 Å². The van der Waals surface area contributed by atoms with Crippen LogP contribution in [-0.2, 0) is 0 Å². The molecule has 2 aliphatic rings. The predicted octanol–water partition coefficient (Wildman–Crippen LogP) is 3.12. The summed E-state index contributed by atoms with van der Waals surface area (Å²) in [5.41, 5.74) is 2.22. The second kappa shape index (κ2) is 4.91. The van der Waals surface area contributed by atoms with Crippen molar-refractivity contribution in [3.63, 3.8) is 0 Å². The molecule has 1 nitrogen and oxygen atoms in total. The summed E-state index contributed by atoms with van der Waals surface area (Å²) >= 11 is 2.21. The Balaban J connectivity index is 1.85. The Morgan fingerprint density at radius 1 is 1.36 bits per heavy atom. The third kappa shape index (κ3) is 2.47. The average molecular weight is 319 g/mol. The van der Waals surface area contributed by atoms with Crippen molar-refractivity contribution in [1.82, 2.24) is 5.32 Å². The summed E-state index contributed by atoms with van der Waals surface area (Å²) in [6, 6.07) is 0. The maximum absolute atomic E-state index is 3.42. The highest BCUT2D eigenvalue weighted by atomic mass is 127. The fourth-order valence-corrected chi connectivity index (χ4v) is 2.96. The Morgan fingerprint density at radius 2 is 2.07 bits per heavy atom. The first-order valence-electron chi connectivity index (χ1n) is 5.01. The van der Waals surface area contributed by atoms with Crippen molar-refractivity contribution in [1.29, 1.82) is 0 Å². The van der Waals surface area contributed by atoms with Gasteiger partial charge in [-0.1, -0.05) is 11.5 Å². The van der Waals surface area contributed by atoms with Gasteiger partial charge in [-0.2, -0.15) is 0 Å². The van der Waals surface area contributed by atoms with E-state index in [2.05, 4.69) is 43.8 Å². The van der Waals surface area contributed by atoms with Gasteiger partial charge in [0.05, 0.1) is 0 Å². The van der Waals surface area contributed by atoms with Crippen molar-refractivity contribution >= 4 is 30.1 Å². The zero-order chi connectivity index (χ0) is 9.86. The van der Waals surface area contributed by atoms with Crippen molar-refractivity contribution in [2.24, 2.45) is 5.41 Å². The molecular weight excluding hydrogens is 305 g/mol. The van der Waals surface area contributed by atoms with Gasteiger partial charge in [-0.3, -0.25) is 0 Å². The quantitative estimate of drug-likeness (QED) is 0.544. The number of rotatable bonds is 0. The normalized spacial score (nSPS) is 23.6. The minimum atomic E-state index is 0.663. The summed E-state index contributed by atoms with van der Waals surface area (Å²) in [6.45, 7) is 2.42. The minimum absolute atomic E-state index is 0.663. The van der Waals surface area contributed by atoms with Gasteiger partial charge in [-0.25, -0.2) is 0 Å². The molecule has 1 saturated carbocycles. The first kappa shape index (κ1) is 10.8. The third-order valence-electron chi connectivity index (χ3n) is 3.24. The first-order chi connectivity index (χ1) is 6.85. The lowest BCUT2D eigenvalue weighted by Gasteiger charge is -2.46. The summed E-state index contributed by atoms with van der Waals surface area (Å²) in [7, 11) is 1.56. The zero-order valence-electron chi connectivity index (χ0n) is 8.11. The van der Waals surface area contributed by atoms with Crippen LogP contribution in [0.1, 0.15) is 25.7 Å². The Hall–Kier alpha value is 0.340. The van der Waals surface area contributed by atoms with E-state index < -0.39 is 0 Å². The van der Waals surface area contributed by atoms with Crippen LogP contribution in [0.5, 0.6) is 0 Å². The van der Waals surface area contributed by atoms with Gasteiger partial charge in [0.1, 0.15) is 0 Å². The molecule has 0 aromatic carbocycles.